The lowest BCUT2D eigenvalue weighted by Crippen LogP contribution is -2.46. The number of nitrogens with two attached hydrogens (primary N) is 1. The number of carboxylic acids is 1. The molecule has 0 radical (unpaired) electrons. The molecule has 0 saturated heterocycles. The van der Waals surface area contributed by atoms with Crippen molar-refractivity contribution in [1.29, 1.82) is 0 Å². The number of rotatable bonds is 5. The van der Waals surface area contributed by atoms with Crippen molar-refractivity contribution >= 4 is 5.97 Å². The van der Waals surface area contributed by atoms with Crippen LogP contribution in [0.4, 0.5) is 0 Å². The Balaban J connectivity index is 2.77. The molecule has 0 saturated carbocycles. The molecule has 100 valence electrons. The lowest BCUT2D eigenvalue weighted by atomic mass is 9.87. The van der Waals surface area contributed by atoms with Crippen LogP contribution in [0, 0.1) is 5.92 Å². The zero-order chi connectivity index (χ0) is 13.9. The predicted octanol–water partition coefficient (Wildman–Crippen LogP) is 1.47. The zero-order valence-electron chi connectivity index (χ0n) is 10.6. The van der Waals surface area contributed by atoms with E-state index in [1.807, 2.05) is 6.92 Å². The smallest absolute Gasteiger partial charge is 0.323 e. The summed E-state index contributed by atoms with van der Waals surface area (Å²) in [7, 11) is 0. The average molecular weight is 253 g/mol. The Morgan fingerprint density at radius 1 is 1.39 bits per heavy atom. The number of phenolic OH excluding ortho intramolecular Hbond substituents is 2. The molecular weight excluding hydrogens is 234 g/mol. The number of carboxylic acid groups (broad SMARTS) is 1. The Hall–Kier alpha value is -1.75. The first-order valence-corrected chi connectivity index (χ1v) is 5.76. The fourth-order valence-electron chi connectivity index (χ4n) is 2.00. The van der Waals surface area contributed by atoms with Gasteiger partial charge in [-0.15, -0.1) is 0 Å². The van der Waals surface area contributed by atoms with Crippen LogP contribution in [-0.4, -0.2) is 26.8 Å². The van der Waals surface area contributed by atoms with E-state index in [0.717, 1.165) is 0 Å². The molecule has 2 unspecified atom stereocenters. The molecule has 1 rings (SSSR count). The van der Waals surface area contributed by atoms with Gasteiger partial charge in [-0.2, -0.15) is 0 Å². The van der Waals surface area contributed by atoms with E-state index in [9.17, 15) is 15.0 Å². The molecule has 18 heavy (non-hydrogen) atoms. The molecule has 1 aromatic carbocycles. The lowest BCUT2D eigenvalue weighted by molar-refractivity contribution is -0.143. The number of aromatic hydroxyl groups is 2. The molecule has 2 atom stereocenters. The summed E-state index contributed by atoms with van der Waals surface area (Å²) in [5, 5.41) is 28.2. The SMILES string of the molecule is CC(Cc1c(O)cccc1O)CC(C)(N)C(=O)O. The molecule has 0 aliphatic heterocycles. The van der Waals surface area contributed by atoms with E-state index in [-0.39, 0.29) is 23.8 Å². The van der Waals surface area contributed by atoms with Crippen LogP contribution in [-0.2, 0) is 11.2 Å². The Morgan fingerprint density at radius 2 is 1.89 bits per heavy atom. The minimum absolute atomic E-state index is 0.0101. The highest BCUT2D eigenvalue weighted by atomic mass is 16.4. The van der Waals surface area contributed by atoms with Gasteiger partial charge in [-0.3, -0.25) is 4.79 Å². The van der Waals surface area contributed by atoms with E-state index in [2.05, 4.69) is 0 Å². The summed E-state index contributed by atoms with van der Waals surface area (Å²) in [6.45, 7) is 3.29. The summed E-state index contributed by atoms with van der Waals surface area (Å²) in [6, 6.07) is 4.52. The molecule has 0 aromatic heterocycles. The maximum Gasteiger partial charge on any atom is 0.323 e. The van der Waals surface area contributed by atoms with Gasteiger partial charge in [-0.25, -0.2) is 0 Å². The molecule has 5 heteroatoms. The van der Waals surface area contributed by atoms with Gasteiger partial charge in [0.1, 0.15) is 17.0 Å². The van der Waals surface area contributed by atoms with Crippen molar-refractivity contribution < 1.29 is 20.1 Å². The topological polar surface area (TPSA) is 104 Å². The minimum Gasteiger partial charge on any atom is -0.508 e. The van der Waals surface area contributed by atoms with Crippen LogP contribution in [0.3, 0.4) is 0 Å². The van der Waals surface area contributed by atoms with Gasteiger partial charge >= 0.3 is 5.97 Å². The van der Waals surface area contributed by atoms with Crippen molar-refractivity contribution in [1.82, 2.24) is 0 Å². The van der Waals surface area contributed by atoms with E-state index in [0.29, 0.717) is 12.0 Å². The van der Waals surface area contributed by atoms with Crippen molar-refractivity contribution in [2.75, 3.05) is 0 Å². The highest BCUT2D eigenvalue weighted by molar-refractivity contribution is 5.77. The molecule has 1 aromatic rings. The molecule has 0 aliphatic rings. The third kappa shape index (κ3) is 3.37. The molecule has 5 nitrogen and oxygen atoms in total. The molecule has 0 spiro atoms. The van der Waals surface area contributed by atoms with Gasteiger partial charge < -0.3 is 21.1 Å². The molecule has 0 bridgehead atoms. The van der Waals surface area contributed by atoms with Crippen LogP contribution in [0.25, 0.3) is 0 Å². The standard InChI is InChI=1S/C13H19NO4/c1-8(7-13(2,14)12(17)18)6-9-10(15)4-3-5-11(9)16/h3-5,8,15-16H,6-7,14H2,1-2H3,(H,17,18). The average Bonchev–Trinajstić information content (AvgIpc) is 2.22. The summed E-state index contributed by atoms with van der Waals surface area (Å²) in [5.74, 6) is -1.11. The van der Waals surface area contributed by atoms with Crippen LogP contribution in [0.2, 0.25) is 0 Å². The Kier molecular flexibility index (Phi) is 4.19. The van der Waals surface area contributed by atoms with Gasteiger partial charge in [0.2, 0.25) is 0 Å². The number of hydrogen-bond acceptors (Lipinski definition) is 4. The van der Waals surface area contributed by atoms with Gasteiger partial charge in [0.25, 0.3) is 0 Å². The third-order valence-electron chi connectivity index (χ3n) is 2.94. The van der Waals surface area contributed by atoms with Crippen molar-refractivity contribution in [3.05, 3.63) is 23.8 Å². The first-order valence-electron chi connectivity index (χ1n) is 5.76. The summed E-state index contributed by atoms with van der Waals surface area (Å²) in [4.78, 5) is 10.9. The fraction of sp³-hybridized carbons (Fsp3) is 0.462. The molecule has 0 fully saturated rings. The van der Waals surface area contributed by atoms with Gasteiger partial charge in [0, 0.05) is 5.56 Å². The summed E-state index contributed by atoms with van der Waals surface area (Å²) >= 11 is 0. The minimum atomic E-state index is -1.31. The van der Waals surface area contributed by atoms with E-state index in [1.165, 1.54) is 19.1 Å². The highest BCUT2D eigenvalue weighted by Crippen LogP contribution is 2.30. The maximum absolute atomic E-state index is 10.9. The van der Waals surface area contributed by atoms with Crippen LogP contribution in [0.5, 0.6) is 11.5 Å². The number of carbonyl (C=O) groups is 1. The van der Waals surface area contributed by atoms with Gasteiger partial charge in [-0.05, 0) is 37.8 Å². The van der Waals surface area contributed by atoms with Crippen molar-refractivity contribution in [3.63, 3.8) is 0 Å². The third-order valence-corrected chi connectivity index (χ3v) is 2.94. The van der Waals surface area contributed by atoms with Gasteiger partial charge in [0.15, 0.2) is 0 Å². The summed E-state index contributed by atoms with van der Waals surface area (Å²) in [6.07, 6.45) is 0.634. The number of hydrogen-bond donors (Lipinski definition) is 4. The monoisotopic (exact) mass is 253 g/mol. The fourth-order valence-corrected chi connectivity index (χ4v) is 2.00. The van der Waals surface area contributed by atoms with E-state index >= 15 is 0 Å². The summed E-state index contributed by atoms with van der Waals surface area (Å²) in [5.41, 5.74) is 4.78. The van der Waals surface area contributed by atoms with Crippen molar-refractivity contribution in [2.24, 2.45) is 11.7 Å². The van der Waals surface area contributed by atoms with Crippen molar-refractivity contribution in [3.8, 4) is 11.5 Å². The van der Waals surface area contributed by atoms with Crippen molar-refractivity contribution in [2.45, 2.75) is 32.2 Å². The first kappa shape index (κ1) is 14.3. The zero-order valence-corrected chi connectivity index (χ0v) is 10.6. The normalized spacial score (nSPS) is 15.9. The first-order chi connectivity index (χ1) is 8.24. The van der Waals surface area contributed by atoms with Crippen LogP contribution in [0.1, 0.15) is 25.8 Å². The highest BCUT2D eigenvalue weighted by Gasteiger charge is 2.30. The van der Waals surface area contributed by atoms with Crippen LogP contribution < -0.4 is 5.73 Å². The molecule has 0 aliphatic carbocycles. The molecule has 5 N–H and O–H groups in total. The second-order valence-electron chi connectivity index (χ2n) is 5.01. The van der Waals surface area contributed by atoms with Crippen LogP contribution >= 0.6 is 0 Å². The number of phenols is 2. The van der Waals surface area contributed by atoms with E-state index < -0.39 is 11.5 Å². The van der Waals surface area contributed by atoms with E-state index in [4.69, 9.17) is 10.8 Å². The lowest BCUT2D eigenvalue weighted by Gasteiger charge is -2.23. The number of aliphatic carboxylic acids is 1. The molecule has 0 amide bonds. The Morgan fingerprint density at radius 3 is 2.33 bits per heavy atom. The second-order valence-corrected chi connectivity index (χ2v) is 5.01. The quantitative estimate of drug-likeness (QED) is 0.636. The summed E-state index contributed by atoms with van der Waals surface area (Å²) < 4.78 is 0. The van der Waals surface area contributed by atoms with Gasteiger partial charge in [-0.1, -0.05) is 13.0 Å². The van der Waals surface area contributed by atoms with Gasteiger partial charge in [0.05, 0.1) is 0 Å². The molecular formula is C13H19NO4. The Bertz CT molecular complexity index is 422. The number of benzene rings is 1. The second kappa shape index (κ2) is 5.27. The van der Waals surface area contributed by atoms with E-state index in [1.54, 1.807) is 6.07 Å². The largest absolute Gasteiger partial charge is 0.508 e. The maximum atomic E-state index is 10.9. The predicted molar refractivity (Wildman–Crippen MR) is 67.5 cm³/mol. The molecule has 0 heterocycles. The Labute approximate surface area is 106 Å². The van der Waals surface area contributed by atoms with Crippen LogP contribution in [0.15, 0.2) is 18.2 Å².